The molecule has 1 spiro atoms. The van der Waals surface area contributed by atoms with Gasteiger partial charge < -0.3 is 15.2 Å². The molecule has 0 amide bonds. The van der Waals surface area contributed by atoms with E-state index in [4.69, 9.17) is 15.2 Å². The van der Waals surface area contributed by atoms with Crippen LogP contribution in [0.15, 0.2) is 11.5 Å². The lowest BCUT2D eigenvalue weighted by Crippen LogP contribution is -2.40. The van der Waals surface area contributed by atoms with Crippen LogP contribution in [0.25, 0.3) is 0 Å². The lowest BCUT2D eigenvalue weighted by atomic mass is 9.68. The number of hydrogen-bond donors (Lipinski definition) is 2. The van der Waals surface area contributed by atoms with Gasteiger partial charge in [0.15, 0.2) is 0 Å². The fraction of sp³-hybridized carbons (Fsp3) is 0.538. The highest BCUT2D eigenvalue weighted by atomic mass is 16.5. The first-order valence-corrected chi connectivity index (χ1v) is 6.46. The number of H-pyrrole nitrogens is 1. The lowest BCUT2D eigenvalue weighted by molar-refractivity contribution is 0.0589. The highest BCUT2D eigenvalue weighted by Gasteiger charge is 2.48. The number of nitrogens with zero attached hydrogens (tertiary/aromatic N) is 2. The molecule has 0 bridgehead atoms. The van der Waals surface area contributed by atoms with Crippen LogP contribution in [0.3, 0.4) is 0 Å². The minimum absolute atomic E-state index is 0.172. The van der Waals surface area contributed by atoms with E-state index in [2.05, 4.69) is 23.2 Å². The lowest BCUT2D eigenvalue weighted by Gasteiger charge is -2.39. The van der Waals surface area contributed by atoms with Crippen molar-refractivity contribution in [2.45, 2.75) is 31.6 Å². The van der Waals surface area contributed by atoms with E-state index in [0.717, 1.165) is 30.5 Å². The Morgan fingerprint density at radius 2 is 2.21 bits per heavy atom. The molecule has 0 atom stereocenters. The highest BCUT2D eigenvalue weighted by molar-refractivity contribution is 5.54. The summed E-state index contributed by atoms with van der Waals surface area (Å²) in [6.45, 7) is 3.28. The number of fused-ring (bicyclic) bond motifs is 2. The topological polar surface area (TPSA) is 97.0 Å². The summed E-state index contributed by atoms with van der Waals surface area (Å²) in [4.78, 5) is 0. The Morgan fingerprint density at radius 1 is 1.47 bits per heavy atom. The molecule has 3 rings (SSSR count). The van der Waals surface area contributed by atoms with E-state index in [-0.39, 0.29) is 5.88 Å². The summed E-state index contributed by atoms with van der Waals surface area (Å²) in [6, 6.07) is 2.23. The predicted molar refractivity (Wildman–Crippen MR) is 67.2 cm³/mol. The summed E-state index contributed by atoms with van der Waals surface area (Å²) in [6.07, 6.45) is 2.28. The summed E-state index contributed by atoms with van der Waals surface area (Å²) in [5.41, 5.74) is 8.02. The zero-order valence-electron chi connectivity index (χ0n) is 10.8. The Labute approximate surface area is 111 Å². The van der Waals surface area contributed by atoms with E-state index in [1.807, 2.05) is 0 Å². The Balaban J connectivity index is 2.23. The number of hydrogen-bond acceptors (Lipinski definition) is 5. The Kier molecular flexibility index (Phi) is 2.72. The van der Waals surface area contributed by atoms with Crippen LogP contribution < -0.4 is 10.5 Å². The van der Waals surface area contributed by atoms with Gasteiger partial charge in [0.25, 0.3) is 0 Å². The number of nitrogens with one attached hydrogen (secondary N) is 1. The van der Waals surface area contributed by atoms with Crippen LogP contribution in [0.5, 0.6) is 5.88 Å². The summed E-state index contributed by atoms with van der Waals surface area (Å²) in [5.74, 6) is 0.682. The van der Waals surface area contributed by atoms with Gasteiger partial charge in [0.1, 0.15) is 11.6 Å². The molecular formula is C13H16N4O2. The molecule has 0 unspecified atom stereocenters. The van der Waals surface area contributed by atoms with Crippen LogP contribution in [0.1, 0.15) is 31.0 Å². The van der Waals surface area contributed by atoms with Gasteiger partial charge in [-0.05, 0) is 19.3 Å². The number of aryl methyl sites for hydroxylation is 1. The fourth-order valence-corrected chi connectivity index (χ4v) is 3.08. The number of nitriles is 1. The SMILES string of the molecule is CCc1[nH]nc2c1C1(CCOCC1)C(C#N)=C(N)O2. The van der Waals surface area contributed by atoms with Crippen LogP contribution in [0.2, 0.25) is 0 Å². The number of rotatable bonds is 1. The van der Waals surface area contributed by atoms with Crippen molar-refractivity contribution in [1.29, 1.82) is 5.26 Å². The van der Waals surface area contributed by atoms with Crippen molar-refractivity contribution in [2.24, 2.45) is 5.73 Å². The standard InChI is InChI=1S/C13H16N4O2/c1-2-9-10-12(17-16-9)19-11(15)8(7-14)13(10)3-5-18-6-4-13/h2-6,15H2,1H3,(H,16,17). The molecule has 1 aromatic rings. The van der Waals surface area contributed by atoms with E-state index in [0.29, 0.717) is 24.7 Å². The van der Waals surface area contributed by atoms with E-state index in [9.17, 15) is 5.26 Å². The number of aromatic nitrogens is 2. The quantitative estimate of drug-likeness (QED) is 0.788. The van der Waals surface area contributed by atoms with Crippen molar-refractivity contribution >= 4 is 0 Å². The van der Waals surface area contributed by atoms with Gasteiger partial charge in [0, 0.05) is 29.9 Å². The van der Waals surface area contributed by atoms with Crippen molar-refractivity contribution in [1.82, 2.24) is 10.2 Å². The van der Waals surface area contributed by atoms with Crippen molar-refractivity contribution in [3.05, 3.63) is 22.7 Å². The molecule has 0 aromatic carbocycles. The van der Waals surface area contributed by atoms with Crippen LogP contribution in [0.4, 0.5) is 0 Å². The second-order valence-corrected chi connectivity index (χ2v) is 4.88. The van der Waals surface area contributed by atoms with E-state index in [1.165, 1.54) is 0 Å². The minimum atomic E-state index is -0.400. The molecule has 1 saturated heterocycles. The molecule has 6 heteroatoms. The summed E-state index contributed by atoms with van der Waals surface area (Å²) < 4.78 is 10.9. The second kappa shape index (κ2) is 4.28. The van der Waals surface area contributed by atoms with Gasteiger partial charge >= 0.3 is 0 Å². The van der Waals surface area contributed by atoms with Crippen LogP contribution in [0, 0.1) is 11.3 Å². The zero-order valence-corrected chi connectivity index (χ0v) is 10.8. The third-order valence-corrected chi connectivity index (χ3v) is 4.03. The number of ether oxygens (including phenoxy) is 2. The number of aromatic amines is 1. The maximum absolute atomic E-state index is 9.47. The summed E-state index contributed by atoms with van der Waals surface area (Å²) >= 11 is 0. The molecule has 0 radical (unpaired) electrons. The van der Waals surface area contributed by atoms with Crippen molar-refractivity contribution < 1.29 is 9.47 Å². The Bertz CT molecular complexity index is 576. The largest absolute Gasteiger partial charge is 0.420 e. The first kappa shape index (κ1) is 12.1. The third-order valence-electron chi connectivity index (χ3n) is 4.03. The van der Waals surface area contributed by atoms with E-state index in [1.54, 1.807) is 0 Å². The molecule has 2 aliphatic heterocycles. The average molecular weight is 260 g/mol. The van der Waals surface area contributed by atoms with Crippen LogP contribution in [-0.2, 0) is 16.6 Å². The molecule has 1 aromatic heterocycles. The van der Waals surface area contributed by atoms with Crippen molar-refractivity contribution in [3.8, 4) is 11.9 Å². The van der Waals surface area contributed by atoms with E-state index >= 15 is 0 Å². The molecule has 19 heavy (non-hydrogen) atoms. The summed E-state index contributed by atoms with van der Waals surface area (Å²) in [7, 11) is 0. The molecule has 6 nitrogen and oxygen atoms in total. The first-order valence-electron chi connectivity index (χ1n) is 6.46. The molecule has 1 fully saturated rings. The summed E-state index contributed by atoms with van der Waals surface area (Å²) in [5, 5.41) is 16.6. The van der Waals surface area contributed by atoms with E-state index < -0.39 is 5.41 Å². The molecule has 3 heterocycles. The maximum atomic E-state index is 9.47. The first-order chi connectivity index (χ1) is 9.23. The van der Waals surface area contributed by atoms with Crippen molar-refractivity contribution in [3.63, 3.8) is 0 Å². The second-order valence-electron chi connectivity index (χ2n) is 4.88. The molecule has 0 saturated carbocycles. The van der Waals surface area contributed by atoms with Gasteiger partial charge in [-0.3, -0.25) is 5.10 Å². The van der Waals surface area contributed by atoms with Gasteiger partial charge in [-0.15, -0.1) is 5.10 Å². The highest BCUT2D eigenvalue weighted by Crippen LogP contribution is 2.49. The Hall–Kier alpha value is -2.00. The predicted octanol–water partition coefficient (Wildman–Crippen LogP) is 1.11. The minimum Gasteiger partial charge on any atom is -0.420 e. The van der Waals surface area contributed by atoms with Gasteiger partial charge in [-0.2, -0.15) is 5.26 Å². The zero-order chi connectivity index (χ0) is 13.5. The van der Waals surface area contributed by atoms with Gasteiger partial charge in [-0.25, -0.2) is 0 Å². The molecular weight excluding hydrogens is 244 g/mol. The molecule has 0 aliphatic carbocycles. The number of nitrogens with two attached hydrogens (primary N) is 1. The average Bonchev–Trinajstić information content (AvgIpc) is 2.83. The molecule has 100 valence electrons. The Morgan fingerprint density at radius 3 is 2.84 bits per heavy atom. The molecule has 3 N–H and O–H groups in total. The van der Waals surface area contributed by atoms with Crippen molar-refractivity contribution in [2.75, 3.05) is 13.2 Å². The third kappa shape index (κ3) is 1.55. The van der Waals surface area contributed by atoms with Gasteiger partial charge in [0.2, 0.25) is 11.8 Å². The smallest absolute Gasteiger partial charge is 0.244 e. The molecule has 2 aliphatic rings. The monoisotopic (exact) mass is 260 g/mol. The fourth-order valence-electron chi connectivity index (χ4n) is 3.08. The van der Waals surface area contributed by atoms with Gasteiger partial charge in [-0.1, -0.05) is 6.92 Å². The maximum Gasteiger partial charge on any atom is 0.244 e. The number of allylic oxidation sites excluding steroid dienone is 1. The normalized spacial score (nSPS) is 20.8. The van der Waals surface area contributed by atoms with Crippen LogP contribution in [-0.4, -0.2) is 23.4 Å². The van der Waals surface area contributed by atoms with Gasteiger partial charge in [0.05, 0.1) is 0 Å². The van der Waals surface area contributed by atoms with Crippen LogP contribution >= 0.6 is 0 Å².